The molecular formula is C28H29ClN6O2. The van der Waals surface area contributed by atoms with Crippen molar-refractivity contribution in [2.24, 2.45) is 10.1 Å². The number of anilines is 2. The van der Waals surface area contributed by atoms with Crippen molar-refractivity contribution in [3.05, 3.63) is 88.4 Å². The SMILES string of the molecule is CCNC(=O)C[C@@H]1N=C(c2ccc(Cl)cc2)c2cc(OCc3ccccc3N)ccc2N2C1=NNC2C. The van der Waals surface area contributed by atoms with Gasteiger partial charge >= 0.3 is 0 Å². The van der Waals surface area contributed by atoms with Gasteiger partial charge in [0.15, 0.2) is 5.84 Å². The number of fused-ring (bicyclic) bond motifs is 3. The highest BCUT2D eigenvalue weighted by Crippen LogP contribution is 2.35. The normalized spacial score (nSPS) is 18.1. The van der Waals surface area contributed by atoms with Gasteiger partial charge in [0, 0.05) is 33.9 Å². The molecule has 4 N–H and O–H groups in total. The standard InChI is InChI=1S/C28H29ClN6O2/c1-3-31-26(36)15-24-28-34-33-17(2)35(28)25-13-12-21(37-16-19-6-4-5-7-23(19)30)14-22(25)27(32-24)18-8-10-20(29)11-9-18/h4-14,17,24,33H,3,15-16,30H2,1-2H3,(H,31,36)/t17?,24-/m0/s1. The lowest BCUT2D eigenvalue weighted by molar-refractivity contribution is -0.121. The number of hydrazone groups is 1. The van der Waals surface area contributed by atoms with Gasteiger partial charge in [0.25, 0.3) is 0 Å². The first-order valence-corrected chi connectivity index (χ1v) is 12.7. The minimum atomic E-state index is -0.476. The minimum absolute atomic E-state index is 0.0793. The molecule has 2 aliphatic heterocycles. The van der Waals surface area contributed by atoms with Gasteiger partial charge in [0.2, 0.25) is 5.91 Å². The molecule has 3 aromatic rings. The fourth-order valence-corrected chi connectivity index (χ4v) is 4.70. The predicted molar refractivity (Wildman–Crippen MR) is 148 cm³/mol. The van der Waals surface area contributed by atoms with Crippen LogP contribution in [0.15, 0.2) is 76.8 Å². The van der Waals surface area contributed by atoms with Crippen molar-refractivity contribution in [3.63, 3.8) is 0 Å². The van der Waals surface area contributed by atoms with Crippen molar-refractivity contribution in [2.75, 3.05) is 17.2 Å². The van der Waals surface area contributed by atoms with Crippen LogP contribution in [-0.2, 0) is 11.4 Å². The van der Waals surface area contributed by atoms with Crippen LogP contribution in [0.25, 0.3) is 0 Å². The molecule has 0 bridgehead atoms. The second-order valence-electron chi connectivity index (χ2n) is 8.97. The summed E-state index contributed by atoms with van der Waals surface area (Å²) >= 11 is 6.19. The average Bonchev–Trinajstić information content (AvgIpc) is 3.21. The third kappa shape index (κ3) is 5.11. The van der Waals surface area contributed by atoms with Crippen LogP contribution in [0.2, 0.25) is 5.02 Å². The van der Waals surface area contributed by atoms with Gasteiger partial charge in [-0.3, -0.25) is 15.2 Å². The Morgan fingerprint density at radius 1 is 1.16 bits per heavy atom. The van der Waals surface area contributed by atoms with Gasteiger partial charge in [-0.1, -0.05) is 41.9 Å². The summed E-state index contributed by atoms with van der Waals surface area (Å²) in [6.45, 7) is 4.82. The highest BCUT2D eigenvalue weighted by Gasteiger charge is 2.37. The molecule has 5 rings (SSSR count). The van der Waals surface area contributed by atoms with Crippen LogP contribution in [0.3, 0.4) is 0 Å². The Balaban J connectivity index is 1.59. The van der Waals surface area contributed by atoms with Crippen LogP contribution in [0.1, 0.15) is 37.0 Å². The molecule has 190 valence electrons. The van der Waals surface area contributed by atoms with Gasteiger partial charge in [-0.15, -0.1) is 0 Å². The van der Waals surface area contributed by atoms with E-state index in [1.165, 1.54) is 0 Å². The number of aliphatic imine (C=N–C) groups is 1. The summed E-state index contributed by atoms with van der Waals surface area (Å²) in [5.74, 6) is 1.31. The summed E-state index contributed by atoms with van der Waals surface area (Å²) in [6, 6.07) is 20.7. The van der Waals surface area contributed by atoms with E-state index >= 15 is 0 Å². The predicted octanol–water partition coefficient (Wildman–Crippen LogP) is 4.32. The summed E-state index contributed by atoms with van der Waals surface area (Å²) in [5.41, 5.74) is 14.3. The molecule has 8 nitrogen and oxygen atoms in total. The zero-order valence-corrected chi connectivity index (χ0v) is 21.5. The van der Waals surface area contributed by atoms with Gasteiger partial charge < -0.3 is 20.7 Å². The molecule has 0 aliphatic carbocycles. The molecule has 2 atom stereocenters. The van der Waals surface area contributed by atoms with E-state index in [1.807, 2.05) is 80.6 Å². The molecule has 0 radical (unpaired) electrons. The van der Waals surface area contributed by atoms with Crippen LogP contribution < -0.4 is 26.1 Å². The van der Waals surface area contributed by atoms with Gasteiger partial charge in [0.1, 0.15) is 24.6 Å². The zero-order valence-electron chi connectivity index (χ0n) is 20.7. The third-order valence-electron chi connectivity index (χ3n) is 6.39. The topological polar surface area (TPSA) is 104 Å². The Morgan fingerprint density at radius 3 is 2.70 bits per heavy atom. The fourth-order valence-electron chi connectivity index (χ4n) is 4.57. The molecular weight excluding hydrogens is 488 g/mol. The number of carbonyl (C=O) groups is 1. The summed E-state index contributed by atoms with van der Waals surface area (Å²) < 4.78 is 6.16. The van der Waals surface area contributed by atoms with E-state index in [0.717, 1.165) is 28.1 Å². The van der Waals surface area contributed by atoms with E-state index in [0.29, 0.717) is 35.4 Å². The number of para-hydroxylation sites is 1. The Hall–Kier alpha value is -4.04. The van der Waals surface area contributed by atoms with Gasteiger partial charge in [-0.25, -0.2) is 0 Å². The largest absolute Gasteiger partial charge is 0.489 e. The first-order valence-electron chi connectivity index (χ1n) is 12.3. The maximum absolute atomic E-state index is 12.6. The number of nitrogen functional groups attached to an aromatic ring is 1. The van der Waals surface area contributed by atoms with Gasteiger partial charge in [0.05, 0.1) is 17.8 Å². The second kappa shape index (κ2) is 10.5. The number of nitrogens with one attached hydrogen (secondary N) is 2. The number of amidine groups is 1. The first kappa shape index (κ1) is 24.6. The molecule has 0 saturated heterocycles. The van der Waals surface area contributed by atoms with Crippen LogP contribution >= 0.6 is 11.6 Å². The number of rotatable bonds is 7. The van der Waals surface area contributed by atoms with Crippen LogP contribution in [-0.4, -0.2) is 36.2 Å². The minimum Gasteiger partial charge on any atom is -0.489 e. The quantitative estimate of drug-likeness (QED) is 0.406. The maximum atomic E-state index is 12.6. The van der Waals surface area contributed by atoms with E-state index in [2.05, 4.69) is 20.7 Å². The number of carbonyl (C=O) groups excluding carboxylic acids is 1. The number of benzene rings is 3. The molecule has 9 heteroatoms. The van der Waals surface area contributed by atoms with E-state index in [9.17, 15) is 4.79 Å². The summed E-state index contributed by atoms with van der Waals surface area (Å²) in [7, 11) is 0. The average molecular weight is 517 g/mol. The summed E-state index contributed by atoms with van der Waals surface area (Å²) in [5, 5.41) is 8.10. The Morgan fingerprint density at radius 2 is 1.95 bits per heavy atom. The lowest BCUT2D eigenvalue weighted by Gasteiger charge is -2.27. The van der Waals surface area contributed by atoms with Gasteiger partial charge in [-0.2, -0.15) is 5.10 Å². The first-order chi connectivity index (χ1) is 17.9. The van der Waals surface area contributed by atoms with Gasteiger partial charge in [-0.05, 0) is 50.2 Å². The monoisotopic (exact) mass is 516 g/mol. The highest BCUT2D eigenvalue weighted by atomic mass is 35.5. The molecule has 0 spiro atoms. The molecule has 1 unspecified atom stereocenters. The van der Waals surface area contributed by atoms with E-state index in [-0.39, 0.29) is 18.5 Å². The molecule has 1 amide bonds. The Kier molecular flexibility index (Phi) is 7.01. The number of ether oxygens (including phenoxy) is 1. The molecule has 3 aromatic carbocycles. The molecule has 0 fully saturated rings. The van der Waals surface area contributed by atoms with E-state index in [4.69, 9.17) is 27.1 Å². The second-order valence-corrected chi connectivity index (χ2v) is 9.41. The summed E-state index contributed by atoms with van der Waals surface area (Å²) in [6.07, 6.45) is 0.0698. The Bertz CT molecular complexity index is 1370. The zero-order chi connectivity index (χ0) is 25.9. The van der Waals surface area contributed by atoms with E-state index in [1.54, 1.807) is 0 Å². The van der Waals surface area contributed by atoms with E-state index < -0.39 is 6.04 Å². The smallest absolute Gasteiger partial charge is 0.222 e. The van der Waals surface area contributed by atoms with Crippen molar-refractivity contribution in [1.29, 1.82) is 0 Å². The molecule has 2 aliphatic rings. The molecule has 0 aromatic heterocycles. The van der Waals surface area contributed by atoms with Crippen molar-refractivity contribution in [2.45, 2.75) is 39.1 Å². The van der Waals surface area contributed by atoms with Crippen LogP contribution in [0.4, 0.5) is 11.4 Å². The lowest BCUT2D eigenvalue weighted by Crippen LogP contribution is -2.43. The molecule has 2 heterocycles. The van der Waals surface area contributed by atoms with Crippen LogP contribution in [0.5, 0.6) is 5.75 Å². The molecule has 0 saturated carbocycles. The number of amides is 1. The highest BCUT2D eigenvalue weighted by molar-refractivity contribution is 6.31. The van der Waals surface area contributed by atoms with Crippen molar-refractivity contribution in [1.82, 2.24) is 10.7 Å². The Labute approximate surface area is 221 Å². The van der Waals surface area contributed by atoms with Crippen molar-refractivity contribution < 1.29 is 9.53 Å². The number of nitrogens with two attached hydrogens (primary N) is 1. The lowest BCUT2D eigenvalue weighted by atomic mass is 9.99. The number of halogens is 1. The van der Waals surface area contributed by atoms with Crippen molar-refractivity contribution in [3.8, 4) is 5.75 Å². The maximum Gasteiger partial charge on any atom is 0.222 e. The summed E-state index contributed by atoms with van der Waals surface area (Å²) in [4.78, 5) is 19.9. The van der Waals surface area contributed by atoms with Crippen molar-refractivity contribution >= 4 is 40.4 Å². The number of nitrogens with zero attached hydrogens (tertiary/aromatic N) is 3. The van der Waals surface area contributed by atoms with Crippen LogP contribution in [0, 0.1) is 0 Å². The number of hydrogen-bond acceptors (Lipinski definition) is 7. The molecule has 37 heavy (non-hydrogen) atoms. The third-order valence-corrected chi connectivity index (χ3v) is 6.64. The fraction of sp³-hybridized carbons (Fsp3) is 0.250. The number of hydrogen-bond donors (Lipinski definition) is 3.